The van der Waals surface area contributed by atoms with E-state index in [0.29, 0.717) is 5.70 Å². The van der Waals surface area contributed by atoms with E-state index in [2.05, 4.69) is 26.6 Å². The van der Waals surface area contributed by atoms with E-state index in [-0.39, 0.29) is 30.5 Å². The average Bonchev–Trinajstić information content (AvgIpc) is 2.71. The molecular formula is C23H23BrF2N2O3. The second-order valence-corrected chi connectivity index (χ2v) is 8.37. The number of nitrogens with one attached hydrogen (secondary N) is 2. The van der Waals surface area contributed by atoms with Crippen LogP contribution in [-0.4, -0.2) is 28.8 Å². The van der Waals surface area contributed by atoms with Gasteiger partial charge in [-0.3, -0.25) is 9.59 Å². The van der Waals surface area contributed by atoms with Gasteiger partial charge in [-0.1, -0.05) is 52.3 Å². The average molecular weight is 493 g/mol. The fourth-order valence-electron chi connectivity index (χ4n) is 3.71. The Kier molecular flexibility index (Phi) is 7.23. The van der Waals surface area contributed by atoms with Gasteiger partial charge in [0.25, 0.3) is 0 Å². The molecule has 8 heteroatoms. The van der Waals surface area contributed by atoms with Crippen molar-refractivity contribution in [1.29, 1.82) is 0 Å². The number of hydrogen-bond donors (Lipinski definition) is 2. The summed E-state index contributed by atoms with van der Waals surface area (Å²) in [7, 11) is 0. The van der Waals surface area contributed by atoms with E-state index in [9.17, 15) is 18.4 Å². The number of rotatable bonds is 7. The quantitative estimate of drug-likeness (QED) is 0.575. The molecule has 31 heavy (non-hydrogen) atoms. The summed E-state index contributed by atoms with van der Waals surface area (Å²) in [5.41, 5.74) is 0.309. The minimum Gasteiger partial charge on any atom is -0.364 e. The fourth-order valence-corrected chi connectivity index (χ4v) is 4.41. The number of carbonyl (C=O) groups excluding carboxylic acids is 2. The molecule has 0 aliphatic carbocycles. The van der Waals surface area contributed by atoms with Crippen LogP contribution in [0.3, 0.4) is 0 Å². The summed E-state index contributed by atoms with van der Waals surface area (Å²) in [6.45, 7) is 3.12. The molecule has 0 spiro atoms. The molecule has 2 amide bonds. The summed E-state index contributed by atoms with van der Waals surface area (Å²) in [5, 5.41) is 5.57. The van der Waals surface area contributed by atoms with Crippen LogP contribution in [0.15, 0.2) is 60.3 Å². The van der Waals surface area contributed by atoms with E-state index in [1.807, 2.05) is 30.3 Å². The number of halogens is 3. The number of amides is 2. The Bertz CT molecular complexity index is 1000. The lowest BCUT2D eigenvalue weighted by Gasteiger charge is -2.44. The summed E-state index contributed by atoms with van der Waals surface area (Å²) >= 11 is 3.47. The predicted octanol–water partition coefficient (Wildman–Crippen LogP) is 3.94. The van der Waals surface area contributed by atoms with Crippen LogP contribution in [0.25, 0.3) is 0 Å². The lowest BCUT2D eigenvalue weighted by molar-refractivity contribution is -0.128. The summed E-state index contributed by atoms with van der Waals surface area (Å²) in [6, 6.07) is 12.6. The third-order valence-corrected chi connectivity index (χ3v) is 6.31. The first-order valence-corrected chi connectivity index (χ1v) is 10.7. The Morgan fingerprint density at radius 1 is 1.26 bits per heavy atom. The number of benzene rings is 2. The van der Waals surface area contributed by atoms with Gasteiger partial charge in [0, 0.05) is 36.7 Å². The number of alkyl halides is 1. The Labute approximate surface area is 188 Å². The van der Waals surface area contributed by atoms with E-state index in [0.717, 1.165) is 17.7 Å². The molecule has 1 aliphatic heterocycles. The SMILES string of the molecule is CC(=O)NCC(c1ccccc1)C1(OCc2ccc(F)cc2F)C=C(C)NC(=O)C1Br. The zero-order valence-electron chi connectivity index (χ0n) is 17.1. The van der Waals surface area contributed by atoms with E-state index in [1.165, 1.54) is 13.0 Å². The van der Waals surface area contributed by atoms with Gasteiger partial charge in [-0.05, 0) is 24.6 Å². The zero-order valence-corrected chi connectivity index (χ0v) is 18.7. The van der Waals surface area contributed by atoms with Crippen molar-refractivity contribution in [3.8, 4) is 0 Å². The Balaban J connectivity index is 2.07. The van der Waals surface area contributed by atoms with Gasteiger partial charge < -0.3 is 15.4 Å². The van der Waals surface area contributed by atoms with Crippen molar-refractivity contribution in [2.24, 2.45) is 0 Å². The van der Waals surface area contributed by atoms with Gasteiger partial charge in [-0.15, -0.1) is 0 Å². The van der Waals surface area contributed by atoms with Gasteiger partial charge in [0.2, 0.25) is 11.8 Å². The molecule has 0 saturated carbocycles. The first kappa shape index (κ1) is 23.1. The van der Waals surface area contributed by atoms with Crippen LogP contribution in [0.5, 0.6) is 0 Å². The summed E-state index contributed by atoms with van der Waals surface area (Å²) in [5.74, 6) is -2.45. The highest BCUT2D eigenvalue weighted by molar-refractivity contribution is 9.10. The van der Waals surface area contributed by atoms with Crippen LogP contribution < -0.4 is 10.6 Å². The third-order valence-electron chi connectivity index (χ3n) is 5.18. The topological polar surface area (TPSA) is 67.4 Å². The lowest BCUT2D eigenvalue weighted by atomic mass is 9.77. The predicted molar refractivity (Wildman–Crippen MR) is 116 cm³/mol. The molecule has 0 fully saturated rings. The number of allylic oxidation sites excluding steroid dienone is 1. The van der Waals surface area contributed by atoms with Crippen molar-refractivity contribution in [1.82, 2.24) is 10.6 Å². The van der Waals surface area contributed by atoms with Crippen molar-refractivity contribution in [3.63, 3.8) is 0 Å². The third kappa shape index (κ3) is 5.19. The molecule has 1 heterocycles. The Morgan fingerprint density at radius 2 is 1.97 bits per heavy atom. The van der Waals surface area contributed by atoms with Gasteiger partial charge >= 0.3 is 0 Å². The molecule has 2 N–H and O–H groups in total. The number of ether oxygens (including phenoxy) is 1. The zero-order chi connectivity index (χ0) is 22.6. The maximum absolute atomic E-state index is 14.3. The van der Waals surface area contributed by atoms with Gasteiger partial charge in [-0.25, -0.2) is 8.78 Å². The van der Waals surface area contributed by atoms with Gasteiger partial charge in [0.1, 0.15) is 22.1 Å². The van der Waals surface area contributed by atoms with Crippen LogP contribution in [-0.2, 0) is 20.9 Å². The normalized spacial score (nSPS) is 21.8. The summed E-state index contributed by atoms with van der Waals surface area (Å²) in [6.07, 6.45) is 1.77. The first-order valence-electron chi connectivity index (χ1n) is 9.74. The van der Waals surface area contributed by atoms with E-state index >= 15 is 0 Å². The van der Waals surface area contributed by atoms with Crippen LogP contribution >= 0.6 is 15.9 Å². The molecular weight excluding hydrogens is 470 g/mol. The van der Waals surface area contributed by atoms with Crippen molar-refractivity contribution < 1.29 is 23.1 Å². The molecule has 0 bridgehead atoms. The van der Waals surface area contributed by atoms with E-state index in [4.69, 9.17) is 4.74 Å². The molecule has 0 saturated heterocycles. The molecule has 1 aliphatic rings. The maximum Gasteiger partial charge on any atom is 0.241 e. The molecule has 3 unspecified atom stereocenters. The van der Waals surface area contributed by atoms with Crippen molar-refractivity contribution in [3.05, 3.63) is 83.1 Å². The van der Waals surface area contributed by atoms with Gasteiger partial charge in [0.15, 0.2) is 0 Å². The number of carbonyl (C=O) groups is 2. The Hall–Kier alpha value is -2.58. The smallest absolute Gasteiger partial charge is 0.241 e. The highest BCUT2D eigenvalue weighted by Crippen LogP contribution is 2.42. The molecule has 3 rings (SSSR count). The summed E-state index contributed by atoms with van der Waals surface area (Å²) < 4.78 is 33.9. The van der Waals surface area contributed by atoms with Crippen LogP contribution in [0.4, 0.5) is 8.78 Å². The van der Waals surface area contributed by atoms with Crippen molar-refractivity contribution >= 4 is 27.7 Å². The fraction of sp³-hybridized carbons (Fsp3) is 0.304. The standard InChI is InChI=1S/C23H23BrF2N2O3/c1-14-11-23(21(24)22(30)28-14,31-13-17-8-9-18(25)10-20(17)26)19(12-27-15(2)29)16-6-4-3-5-7-16/h3-11,19,21H,12-13H2,1-2H3,(H,27,29)(H,28,30). The van der Waals surface area contributed by atoms with Crippen molar-refractivity contribution in [2.45, 2.75) is 36.8 Å². The molecule has 164 valence electrons. The first-order chi connectivity index (χ1) is 14.7. The van der Waals surface area contributed by atoms with Gasteiger partial charge in [0.05, 0.1) is 6.61 Å². The Morgan fingerprint density at radius 3 is 2.61 bits per heavy atom. The molecule has 3 atom stereocenters. The van der Waals surface area contributed by atoms with Crippen molar-refractivity contribution in [2.75, 3.05) is 6.54 Å². The largest absolute Gasteiger partial charge is 0.364 e. The van der Waals surface area contributed by atoms with Gasteiger partial charge in [-0.2, -0.15) is 0 Å². The van der Waals surface area contributed by atoms with Crippen LogP contribution in [0.1, 0.15) is 30.9 Å². The molecule has 5 nitrogen and oxygen atoms in total. The highest BCUT2D eigenvalue weighted by Gasteiger charge is 2.50. The summed E-state index contributed by atoms with van der Waals surface area (Å²) in [4.78, 5) is 23.6. The lowest BCUT2D eigenvalue weighted by Crippen LogP contribution is -2.57. The monoisotopic (exact) mass is 492 g/mol. The van der Waals surface area contributed by atoms with Crippen LogP contribution in [0, 0.1) is 11.6 Å². The minimum atomic E-state index is -1.25. The maximum atomic E-state index is 14.3. The minimum absolute atomic E-state index is 0.156. The second-order valence-electron chi connectivity index (χ2n) is 7.46. The second kappa shape index (κ2) is 9.70. The van der Waals surface area contributed by atoms with Crippen LogP contribution in [0.2, 0.25) is 0 Å². The van der Waals surface area contributed by atoms with E-state index in [1.54, 1.807) is 13.0 Å². The van der Waals surface area contributed by atoms with E-state index < -0.39 is 28.0 Å². The number of hydrogen-bond acceptors (Lipinski definition) is 3. The molecule has 2 aromatic rings. The highest BCUT2D eigenvalue weighted by atomic mass is 79.9. The molecule has 0 aromatic heterocycles. The molecule has 0 radical (unpaired) electrons. The molecule has 2 aromatic carbocycles.